The van der Waals surface area contributed by atoms with Gasteiger partial charge in [-0.2, -0.15) is 4.98 Å². The van der Waals surface area contributed by atoms with Gasteiger partial charge in [0.25, 0.3) is 5.89 Å². The average Bonchev–Trinajstić information content (AvgIpc) is 3.22. The second-order valence-corrected chi connectivity index (χ2v) is 11.2. The van der Waals surface area contributed by atoms with Crippen molar-refractivity contribution in [3.8, 4) is 11.4 Å². The largest absolute Gasteiger partial charge is 0.444 e. The van der Waals surface area contributed by atoms with Gasteiger partial charge < -0.3 is 23.6 Å². The molecule has 196 valence electrons. The molecule has 0 bridgehead atoms. The Morgan fingerprint density at radius 3 is 2.51 bits per heavy atom. The number of benzene rings is 1. The summed E-state index contributed by atoms with van der Waals surface area (Å²) in [5, 5.41) is 3.83. The lowest BCUT2D eigenvalue weighted by Crippen LogP contribution is -2.44. The van der Waals surface area contributed by atoms with Crippen molar-refractivity contribution in [3.63, 3.8) is 0 Å². The molecule has 2 atom stereocenters. The standard InChI is InChI=1S/C23H34FN3O7S/c1-8-17(12-16(13-31-6)27(5)22(28)33-23(2,3)4)32-14-20-25-21(26-34-20)15-9-10-19(18(24)11-15)35(7,29)30/h9-11,16-17H,8,12-14H2,1-7H3/t16?,17-/m0/s1. The number of sulfone groups is 1. The quantitative estimate of drug-likeness (QED) is 0.439. The van der Waals surface area contributed by atoms with Gasteiger partial charge in [0.15, 0.2) is 9.84 Å². The maximum absolute atomic E-state index is 14.2. The van der Waals surface area contributed by atoms with E-state index in [1.807, 2.05) is 6.92 Å². The monoisotopic (exact) mass is 515 g/mol. The van der Waals surface area contributed by atoms with Crippen molar-refractivity contribution in [1.29, 1.82) is 0 Å². The van der Waals surface area contributed by atoms with Crippen molar-refractivity contribution in [3.05, 3.63) is 29.9 Å². The van der Waals surface area contributed by atoms with Crippen molar-refractivity contribution in [2.45, 2.75) is 69.8 Å². The summed E-state index contributed by atoms with van der Waals surface area (Å²) in [5.41, 5.74) is -0.344. The molecule has 0 aliphatic heterocycles. The minimum absolute atomic E-state index is 0.00522. The van der Waals surface area contributed by atoms with Gasteiger partial charge in [-0.3, -0.25) is 0 Å². The molecule has 35 heavy (non-hydrogen) atoms. The number of ether oxygens (including phenoxy) is 3. The highest BCUT2D eigenvalue weighted by molar-refractivity contribution is 7.90. The third kappa shape index (κ3) is 8.55. The lowest BCUT2D eigenvalue weighted by Gasteiger charge is -2.32. The number of aromatic nitrogens is 2. The molecular formula is C23H34FN3O7S. The summed E-state index contributed by atoms with van der Waals surface area (Å²) in [4.78, 5) is 17.8. The fourth-order valence-electron chi connectivity index (χ4n) is 3.23. The van der Waals surface area contributed by atoms with Crippen LogP contribution in [-0.2, 0) is 30.7 Å². The van der Waals surface area contributed by atoms with Crippen LogP contribution in [0.5, 0.6) is 0 Å². The van der Waals surface area contributed by atoms with Gasteiger partial charge in [-0.1, -0.05) is 12.1 Å². The number of likely N-dealkylation sites (N-methyl/N-ethyl adjacent to an activating group) is 1. The number of halogens is 1. The molecule has 0 aliphatic carbocycles. The summed E-state index contributed by atoms with van der Waals surface area (Å²) in [7, 11) is -0.470. The van der Waals surface area contributed by atoms with E-state index in [-0.39, 0.29) is 36.0 Å². The zero-order valence-electron chi connectivity index (χ0n) is 21.2. The molecule has 10 nitrogen and oxygen atoms in total. The molecule has 1 heterocycles. The Bertz CT molecular complexity index is 1100. The Morgan fingerprint density at radius 1 is 1.29 bits per heavy atom. The Morgan fingerprint density at radius 2 is 1.97 bits per heavy atom. The van der Waals surface area contributed by atoms with E-state index in [1.54, 1.807) is 34.9 Å². The second-order valence-electron chi connectivity index (χ2n) is 9.21. The SMILES string of the molecule is CC[C@@H](CC(COC)N(C)C(=O)OC(C)(C)C)OCc1nc(-c2ccc(S(C)(=O)=O)c(F)c2)no1. The summed E-state index contributed by atoms with van der Waals surface area (Å²) in [6.07, 6.45) is 1.37. The van der Waals surface area contributed by atoms with Crippen LogP contribution >= 0.6 is 0 Å². The minimum Gasteiger partial charge on any atom is -0.444 e. The molecule has 0 N–H and O–H groups in total. The van der Waals surface area contributed by atoms with Gasteiger partial charge in [0.2, 0.25) is 5.82 Å². The van der Waals surface area contributed by atoms with E-state index in [9.17, 15) is 17.6 Å². The number of hydrogen-bond donors (Lipinski definition) is 0. The molecule has 12 heteroatoms. The van der Waals surface area contributed by atoms with E-state index in [1.165, 1.54) is 11.0 Å². The van der Waals surface area contributed by atoms with Gasteiger partial charge in [0, 0.05) is 26.0 Å². The fraction of sp³-hybridized carbons (Fsp3) is 0.609. The van der Waals surface area contributed by atoms with Crippen molar-refractivity contribution in [2.75, 3.05) is 27.0 Å². The Hall–Kier alpha value is -2.57. The molecular weight excluding hydrogens is 481 g/mol. The number of methoxy groups -OCH3 is 1. The van der Waals surface area contributed by atoms with Gasteiger partial charge in [0.1, 0.15) is 22.9 Å². The van der Waals surface area contributed by atoms with E-state index in [0.29, 0.717) is 19.4 Å². The lowest BCUT2D eigenvalue weighted by atomic mass is 10.1. The molecule has 2 rings (SSSR count). The first-order valence-electron chi connectivity index (χ1n) is 11.1. The number of carbonyl (C=O) groups excluding carboxylic acids is 1. The van der Waals surface area contributed by atoms with Crippen LogP contribution in [0, 0.1) is 5.82 Å². The van der Waals surface area contributed by atoms with E-state index in [2.05, 4.69) is 10.1 Å². The molecule has 0 saturated heterocycles. The summed E-state index contributed by atoms with van der Waals surface area (Å²) < 4.78 is 59.3. The second kappa shape index (κ2) is 11.9. The minimum atomic E-state index is -3.68. The molecule has 1 aromatic heterocycles. The molecule has 0 aliphatic rings. The predicted molar refractivity (Wildman–Crippen MR) is 126 cm³/mol. The molecule has 1 unspecified atom stereocenters. The number of carbonyl (C=O) groups is 1. The zero-order chi connectivity index (χ0) is 26.4. The Labute approximate surface area is 205 Å². The van der Waals surface area contributed by atoms with Crippen LogP contribution in [0.2, 0.25) is 0 Å². The zero-order valence-corrected chi connectivity index (χ0v) is 22.0. The fourth-order valence-corrected chi connectivity index (χ4v) is 3.96. The first kappa shape index (κ1) is 28.7. The smallest absolute Gasteiger partial charge is 0.410 e. The summed E-state index contributed by atoms with van der Waals surface area (Å²) >= 11 is 0. The van der Waals surface area contributed by atoms with E-state index < -0.39 is 32.2 Å². The molecule has 1 amide bonds. The molecule has 0 radical (unpaired) electrons. The van der Waals surface area contributed by atoms with E-state index in [0.717, 1.165) is 18.4 Å². The maximum atomic E-state index is 14.2. The number of nitrogens with zero attached hydrogens (tertiary/aromatic N) is 3. The first-order valence-corrected chi connectivity index (χ1v) is 13.0. The van der Waals surface area contributed by atoms with Gasteiger partial charge in [-0.15, -0.1) is 0 Å². The van der Waals surface area contributed by atoms with Crippen LogP contribution < -0.4 is 0 Å². The van der Waals surface area contributed by atoms with Crippen LogP contribution in [-0.4, -0.2) is 74.3 Å². The van der Waals surface area contributed by atoms with E-state index >= 15 is 0 Å². The van der Waals surface area contributed by atoms with Crippen molar-refractivity contribution in [2.24, 2.45) is 0 Å². The van der Waals surface area contributed by atoms with Gasteiger partial charge in [-0.25, -0.2) is 17.6 Å². The van der Waals surface area contributed by atoms with E-state index in [4.69, 9.17) is 18.7 Å². The van der Waals surface area contributed by atoms with Crippen LogP contribution in [0.3, 0.4) is 0 Å². The number of hydrogen-bond acceptors (Lipinski definition) is 9. The summed E-state index contributed by atoms with van der Waals surface area (Å²) in [6, 6.07) is 3.33. The normalized spacial score (nSPS) is 13.9. The molecule has 1 aromatic carbocycles. The molecule has 2 aromatic rings. The van der Waals surface area contributed by atoms with Crippen LogP contribution in [0.1, 0.15) is 46.4 Å². The topological polar surface area (TPSA) is 121 Å². The van der Waals surface area contributed by atoms with Crippen molar-refractivity contribution < 1.29 is 36.3 Å². The number of amides is 1. The van der Waals surface area contributed by atoms with Gasteiger partial charge in [0.05, 0.1) is 18.8 Å². The van der Waals surface area contributed by atoms with Crippen LogP contribution in [0.15, 0.2) is 27.6 Å². The molecule has 0 saturated carbocycles. The highest BCUT2D eigenvalue weighted by Gasteiger charge is 2.28. The maximum Gasteiger partial charge on any atom is 0.410 e. The first-order chi connectivity index (χ1) is 16.2. The Balaban J connectivity index is 2.04. The van der Waals surface area contributed by atoms with Crippen LogP contribution in [0.4, 0.5) is 9.18 Å². The van der Waals surface area contributed by atoms with Crippen molar-refractivity contribution in [1.82, 2.24) is 15.0 Å². The third-order valence-electron chi connectivity index (χ3n) is 5.08. The summed E-state index contributed by atoms with van der Waals surface area (Å²) in [5.74, 6) is -0.607. The molecule has 0 fully saturated rings. The highest BCUT2D eigenvalue weighted by Crippen LogP contribution is 2.23. The highest BCUT2D eigenvalue weighted by atomic mass is 32.2. The third-order valence-corrected chi connectivity index (χ3v) is 6.21. The predicted octanol–water partition coefficient (Wildman–Crippen LogP) is 3.85. The summed E-state index contributed by atoms with van der Waals surface area (Å²) in [6.45, 7) is 7.66. The van der Waals surface area contributed by atoms with Crippen LogP contribution in [0.25, 0.3) is 11.4 Å². The molecule has 0 spiro atoms. The van der Waals surface area contributed by atoms with Gasteiger partial charge >= 0.3 is 6.09 Å². The van der Waals surface area contributed by atoms with Gasteiger partial charge in [-0.05, 0) is 51.8 Å². The Kier molecular flexibility index (Phi) is 9.76. The lowest BCUT2D eigenvalue weighted by molar-refractivity contribution is -0.0191. The number of rotatable bonds is 11. The van der Waals surface area contributed by atoms with Crippen molar-refractivity contribution >= 4 is 15.9 Å². The average molecular weight is 516 g/mol.